The molecule has 0 saturated heterocycles. The molecule has 3 heteroatoms. The highest BCUT2D eigenvalue weighted by Gasteiger charge is 2.26. The van der Waals surface area contributed by atoms with E-state index in [1.54, 1.807) is 18.2 Å². The maximum atomic E-state index is 13.2. The largest absolute Gasteiger partial charge is 0.223 e. The zero-order chi connectivity index (χ0) is 17.7. The van der Waals surface area contributed by atoms with Crippen molar-refractivity contribution in [3.63, 3.8) is 0 Å². The van der Waals surface area contributed by atoms with Gasteiger partial charge in [0, 0.05) is 0 Å². The number of aryl methyl sites for hydroxylation is 1. The summed E-state index contributed by atoms with van der Waals surface area (Å²) in [6.07, 6.45) is 3.63. The molecule has 126 valence electrons. The first-order valence-electron chi connectivity index (χ1n) is 8.16. The molecule has 0 aromatic heterocycles. The third-order valence-electron chi connectivity index (χ3n) is 4.07. The second-order valence-electron chi connectivity index (χ2n) is 5.96. The summed E-state index contributed by atoms with van der Waals surface area (Å²) in [6.45, 7) is 1.94. The molecule has 0 aliphatic heterocycles. The monoisotopic (exact) mass is 348 g/mol. The van der Waals surface area contributed by atoms with Gasteiger partial charge in [-0.1, -0.05) is 90.5 Å². The van der Waals surface area contributed by atoms with Gasteiger partial charge in [0.1, 0.15) is 5.25 Å². The van der Waals surface area contributed by atoms with Crippen LogP contribution in [0, 0.1) is 6.92 Å². The van der Waals surface area contributed by atoms with Crippen molar-refractivity contribution in [2.24, 2.45) is 0 Å². The summed E-state index contributed by atoms with van der Waals surface area (Å²) in [5.41, 5.74) is 2.77. The van der Waals surface area contributed by atoms with E-state index in [9.17, 15) is 8.42 Å². The van der Waals surface area contributed by atoms with E-state index in [2.05, 4.69) is 0 Å². The lowest BCUT2D eigenvalue weighted by Gasteiger charge is -2.15. The fourth-order valence-corrected chi connectivity index (χ4v) is 4.28. The Labute approximate surface area is 149 Å². The van der Waals surface area contributed by atoms with Crippen LogP contribution in [0.15, 0.2) is 95.9 Å². The number of hydrogen-bond acceptors (Lipinski definition) is 2. The van der Waals surface area contributed by atoms with Crippen LogP contribution in [0.5, 0.6) is 0 Å². The van der Waals surface area contributed by atoms with Gasteiger partial charge in [-0.05, 0) is 30.2 Å². The SMILES string of the molecule is Cc1ccc(S(=O)(=O)[C@H](C=Cc2ccccc2)c2ccccc2)cc1. The fourth-order valence-electron chi connectivity index (χ4n) is 2.67. The molecule has 0 radical (unpaired) electrons. The second kappa shape index (κ2) is 7.49. The van der Waals surface area contributed by atoms with Crippen LogP contribution in [0.2, 0.25) is 0 Å². The van der Waals surface area contributed by atoms with Crippen molar-refractivity contribution >= 4 is 15.9 Å². The summed E-state index contributed by atoms with van der Waals surface area (Å²) in [5.74, 6) is 0. The Morgan fingerprint density at radius 3 is 1.92 bits per heavy atom. The average Bonchev–Trinajstić information content (AvgIpc) is 2.64. The van der Waals surface area contributed by atoms with Gasteiger partial charge in [-0.3, -0.25) is 0 Å². The summed E-state index contributed by atoms with van der Waals surface area (Å²) < 4.78 is 26.4. The van der Waals surface area contributed by atoms with Crippen molar-refractivity contribution < 1.29 is 8.42 Å². The predicted molar refractivity (Wildman–Crippen MR) is 103 cm³/mol. The highest BCUT2D eigenvalue weighted by molar-refractivity contribution is 7.91. The number of benzene rings is 3. The van der Waals surface area contributed by atoms with E-state index in [1.807, 2.05) is 85.8 Å². The van der Waals surface area contributed by atoms with Gasteiger partial charge in [0.2, 0.25) is 0 Å². The zero-order valence-corrected chi connectivity index (χ0v) is 14.9. The third kappa shape index (κ3) is 4.06. The minimum atomic E-state index is -3.53. The van der Waals surface area contributed by atoms with Crippen molar-refractivity contribution in [3.8, 4) is 0 Å². The van der Waals surface area contributed by atoms with E-state index in [0.29, 0.717) is 4.90 Å². The molecule has 0 fully saturated rings. The molecule has 3 rings (SSSR count). The predicted octanol–water partition coefficient (Wildman–Crippen LogP) is 5.22. The van der Waals surface area contributed by atoms with Crippen LogP contribution in [-0.4, -0.2) is 8.42 Å². The third-order valence-corrected chi connectivity index (χ3v) is 6.10. The van der Waals surface area contributed by atoms with Crippen LogP contribution >= 0.6 is 0 Å². The van der Waals surface area contributed by atoms with E-state index in [4.69, 9.17) is 0 Å². The Morgan fingerprint density at radius 1 is 0.760 bits per heavy atom. The van der Waals surface area contributed by atoms with E-state index >= 15 is 0 Å². The van der Waals surface area contributed by atoms with Crippen LogP contribution in [0.25, 0.3) is 6.08 Å². The van der Waals surface area contributed by atoms with Gasteiger partial charge in [0.05, 0.1) is 4.90 Å². The van der Waals surface area contributed by atoms with E-state index in [-0.39, 0.29) is 0 Å². The lowest BCUT2D eigenvalue weighted by Crippen LogP contribution is -2.12. The molecule has 1 atom stereocenters. The van der Waals surface area contributed by atoms with Crippen molar-refractivity contribution in [2.75, 3.05) is 0 Å². The minimum Gasteiger partial charge on any atom is -0.223 e. The quantitative estimate of drug-likeness (QED) is 0.633. The number of rotatable bonds is 5. The van der Waals surface area contributed by atoms with Crippen LogP contribution in [0.3, 0.4) is 0 Å². The molecular weight excluding hydrogens is 328 g/mol. The standard InChI is InChI=1S/C22H20O2S/c1-18-12-15-21(16-13-18)25(23,24)22(20-10-6-3-7-11-20)17-14-19-8-4-2-5-9-19/h2-17,22H,1H3/t22-/m1/s1. The van der Waals surface area contributed by atoms with Crippen molar-refractivity contribution in [1.82, 2.24) is 0 Å². The van der Waals surface area contributed by atoms with Crippen molar-refractivity contribution in [1.29, 1.82) is 0 Å². The molecule has 3 aromatic rings. The van der Waals surface area contributed by atoms with E-state index < -0.39 is 15.1 Å². The molecule has 0 unspecified atom stereocenters. The van der Waals surface area contributed by atoms with Gasteiger partial charge in [0.15, 0.2) is 9.84 Å². The Hall–Kier alpha value is -2.65. The molecule has 0 N–H and O–H groups in total. The normalized spacial score (nSPS) is 13.0. The molecule has 3 aromatic carbocycles. The smallest absolute Gasteiger partial charge is 0.188 e. The summed E-state index contributed by atoms with van der Waals surface area (Å²) >= 11 is 0. The van der Waals surface area contributed by atoms with Gasteiger partial charge in [-0.25, -0.2) is 8.42 Å². The highest BCUT2D eigenvalue weighted by atomic mass is 32.2. The van der Waals surface area contributed by atoms with E-state index in [0.717, 1.165) is 16.7 Å². The topological polar surface area (TPSA) is 34.1 Å². The average molecular weight is 348 g/mol. The summed E-state index contributed by atoms with van der Waals surface area (Å²) in [4.78, 5) is 0.338. The molecule has 0 saturated carbocycles. The lowest BCUT2D eigenvalue weighted by molar-refractivity contribution is 0.590. The first kappa shape index (κ1) is 17.2. The Morgan fingerprint density at radius 2 is 1.32 bits per heavy atom. The van der Waals surface area contributed by atoms with Gasteiger partial charge in [-0.15, -0.1) is 0 Å². The van der Waals surface area contributed by atoms with Crippen LogP contribution < -0.4 is 0 Å². The van der Waals surface area contributed by atoms with Crippen LogP contribution in [0.4, 0.5) is 0 Å². The maximum Gasteiger partial charge on any atom is 0.188 e. The zero-order valence-electron chi connectivity index (χ0n) is 14.0. The minimum absolute atomic E-state index is 0.338. The number of hydrogen-bond donors (Lipinski definition) is 0. The first-order valence-corrected chi connectivity index (χ1v) is 9.71. The Kier molecular flexibility index (Phi) is 5.15. The highest BCUT2D eigenvalue weighted by Crippen LogP contribution is 2.31. The Bertz CT molecular complexity index is 942. The first-order chi connectivity index (χ1) is 12.1. The van der Waals surface area contributed by atoms with Crippen LogP contribution in [0.1, 0.15) is 21.9 Å². The number of sulfone groups is 1. The van der Waals surface area contributed by atoms with Gasteiger partial charge in [-0.2, -0.15) is 0 Å². The van der Waals surface area contributed by atoms with E-state index in [1.165, 1.54) is 0 Å². The molecule has 0 spiro atoms. The molecule has 0 amide bonds. The molecule has 2 nitrogen and oxygen atoms in total. The molecule has 0 aliphatic rings. The molecule has 0 bridgehead atoms. The molecular formula is C22H20O2S. The Balaban J connectivity index is 2.05. The maximum absolute atomic E-state index is 13.2. The molecule has 0 aliphatic carbocycles. The molecule has 0 heterocycles. The summed E-state index contributed by atoms with van der Waals surface area (Å²) in [5, 5.41) is -0.725. The summed E-state index contributed by atoms with van der Waals surface area (Å²) in [6, 6.07) is 26.1. The van der Waals surface area contributed by atoms with Crippen LogP contribution in [-0.2, 0) is 9.84 Å². The van der Waals surface area contributed by atoms with Crippen molar-refractivity contribution in [2.45, 2.75) is 17.1 Å². The van der Waals surface area contributed by atoms with Gasteiger partial charge >= 0.3 is 0 Å². The summed E-state index contributed by atoms with van der Waals surface area (Å²) in [7, 11) is -3.53. The van der Waals surface area contributed by atoms with Gasteiger partial charge in [0.25, 0.3) is 0 Å². The molecule has 25 heavy (non-hydrogen) atoms. The van der Waals surface area contributed by atoms with Gasteiger partial charge < -0.3 is 0 Å². The second-order valence-corrected chi connectivity index (χ2v) is 8.03. The van der Waals surface area contributed by atoms with Crippen molar-refractivity contribution in [3.05, 3.63) is 108 Å². The lowest BCUT2D eigenvalue weighted by atomic mass is 10.1. The fraction of sp³-hybridized carbons (Fsp3) is 0.0909.